The Hall–Kier alpha value is -1.51. The molecule has 0 aliphatic carbocycles. The van der Waals surface area contributed by atoms with E-state index in [4.69, 9.17) is 4.74 Å². The van der Waals surface area contributed by atoms with E-state index in [1.54, 1.807) is 4.90 Å². The second-order valence-electron chi connectivity index (χ2n) is 4.87. The molecule has 2 aliphatic rings. The van der Waals surface area contributed by atoms with Crippen LogP contribution in [0.1, 0.15) is 31.2 Å². The molecule has 16 heavy (non-hydrogen) atoms. The van der Waals surface area contributed by atoms with Gasteiger partial charge < -0.3 is 9.64 Å². The number of amides is 1. The Bertz CT molecular complexity index is 457. The lowest BCUT2D eigenvalue weighted by Gasteiger charge is -2.49. The number of carbonyl (C=O) groups is 1. The molecule has 0 saturated carbocycles. The van der Waals surface area contributed by atoms with E-state index < -0.39 is 5.72 Å². The summed E-state index contributed by atoms with van der Waals surface area (Å²) < 4.78 is 5.98. The Morgan fingerprint density at radius 1 is 1.44 bits per heavy atom. The maximum Gasteiger partial charge on any atom is 0.225 e. The highest BCUT2D eigenvalue weighted by molar-refractivity contribution is 5.79. The van der Waals surface area contributed by atoms with Crippen molar-refractivity contribution in [1.82, 2.24) is 4.90 Å². The second-order valence-corrected chi connectivity index (χ2v) is 4.87. The molecule has 2 aliphatic heterocycles. The third-order valence-corrected chi connectivity index (χ3v) is 3.82. The first-order valence-corrected chi connectivity index (χ1v) is 5.65. The van der Waals surface area contributed by atoms with Crippen LogP contribution in [0.2, 0.25) is 0 Å². The van der Waals surface area contributed by atoms with Gasteiger partial charge in [-0.15, -0.1) is 0 Å². The van der Waals surface area contributed by atoms with Gasteiger partial charge in [0.2, 0.25) is 5.91 Å². The van der Waals surface area contributed by atoms with Gasteiger partial charge in [-0.3, -0.25) is 4.79 Å². The van der Waals surface area contributed by atoms with Crippen LogP contribution in [0.25, 0.3) is 0 Å². The van der Waals surface area contributed by atoms with Crippen molar-refractivity contribution in [3.8, 4) is 5.75 Å². The van der Waals surface area contributed by atoms with Gasteiger partial charge in [-0.25, -0.2) is 0 Å². The lowest BCUT2D eigenvalue weighted by Crippen LogP contribution is -2.57. The summed E-state index contributed by atoms with van der Waals surface area (Å²) in [6, 6.07) is 8.04. The number of benzene rings is 1. The summed E-state index contributed by atoms with van der Waals surface area (Å²) in [5.74, 6) is 1.42. The minimum absolute atomic E-state index is 0.174. The average Bonchev–Trinajstić information content (AvgIpc) is 2.26. The standard InChI is InChI=1S/C13H15NO2/c1-13-8-9(7-12(15)14(13)2)10-5-3-4-6-11(10)16-13/h3-6,9H,7-8H2,1-2H3/t9-,13-/m1/s1. The van der Waals surface area contributed by atoms with E-state index in [0.29, 0.717) is 12.3 Å². The monoisotopic (exact) mass is 217 g/mol. The largest absolute Gasteiger partial charge is 0.468 e. The number of hydrogen-bond acceptors (Lipinski definition) is 2. The van der Waals surface area contributed by atoms with Crippen LogP contribution in [-0.2, 0) is 4.79 Å². The van der Waals surface area contributed by atoms with Gasteiger partial charge in [0.05, 0.1) is 0 Å². The third-order valence-electron chi connectivity index (χ3n) is 3.82. The minimum Gasteiger partial charge on any atom is -0.468 e. The third kappa shape index (κ3) is 1.17. The number of rotatable bonds is 0. The fourth-order valence-electron chi connectivity index (χ4n) is 2.76. The van der Waals surface area contributed by atoms with Gasteiger partial charge in [0.15, 0.2) is 5.72 Å². The highest BCUT2D eigenvalue weighted by Gasteiger charge is 2.47. The van der Waals surface area contributed by atoms with Crippen molar-refractivity contribution in [2.75, 3.05) is 7.05 Å². The van der Waals surface area contributed by atoms with Crippen molar-refractivity contribution in [3.05, 3.63) is 29.8 Å². The quantitative estimate of drug-likeness (QED) is 0.666. The van der Waals surface area contributed by atoms with E-state index in [-0.39, 0.29) is 5.91 Å². The van der Waals surface area contributed by atoms with Crippen LogP contribution in [0.5, 0.6) is 5.75 Å². The first kappa shape index (κ1) is 9.70. The van der Waals surface area contributed by atoms with Crippen LogP contribution in [0, 0.1) is 0 Å². The molecule has 84 valence electrons. The zero-order valence-electron chi connectivity index (χ0n) is 9.56. The molecule has 0 aromatic heterocycles. The van der Waals surface area contributed by atoms with Crippen molar-refractivity contribution in [1.29, 1.82) is 0 Å². The Morgan fingerprint density at radius 2 is 2.19 bits per heavy atom. The number of hydrogen-bond donors (Lipinski definition) is 0. The summed E-state index contributed by atoms with van der Waals surface area (Å²) in [4.78, 5) is 13.6. The van der Waals surface area contributed by atoms with Gasteiger partial charge in [0.1, 0.15) is 5.75 Å². The molecule has 2 heterocycles. The van der Waals surface area contributed by atoms with Gasteiger partial charge >= 0.3 is 0 Å². The molecule has 3 nitrogen and oxygen atoms in total. The number of fused-ring (bicyclic) bond motifs is 4. The zero-order valence-corrected chi connectivity index (χ0v) is 9.56. The second kappa shape index (κ2) is 3.00. The van der Waals surface area contributed by atoms with Crippen LogP contribution < -0.4 is 4.74 Å². The van der Waals surface area contributed by atoms with E-state index in [9.17, 15) is 4.79 Å². The highest BCUT2D eigenvalue weighted by Crippen LogP contribution is 2.46. The molecule has 1 aromatic rings. The van der Waals surface area contributed by atoms with Gasteiger partial charge in [-0.1, -0.05) is 18.2 Å². The normalized spacial score (nSPS) is 32.0. The predicted molar refractivity (Wildman–Crippen MR) is 60.2 cm³/mol. The Labute approximate surface area is 95.0 Å². The van der Waals surface area contributed by atoms with Crippen molar-refractivity contribution in [2.24, 2.45) is 0 Å². The van der Waals surface area contributed by atoms with Gasteiger partial charge in [0.25, 0.3) is 0 Å². The number of ether oxygens (including phenoxy) is 1. The molecule has 0 unspecified atom stereocenters. The van der Waals surface area contributed by atoms with Gasteiger partial charge in [-0.05, 0) is 18.6 Å². The van der Waals surface area contributed by atoms with Crippen LogP contribution in [-0.4, -0.2) is 23.6 Å². The molecular weight excluding hydrogens is 202 g/mol. The van der Waals surface area contributed by atoms with E-state index in [2.05, 4.69) is 6.07 Å². The average molecular weight is 217 g/mol. The first-order chi connectivity index (χ1) is 7.60. The first-order valence-electron chi connectivity index (χ1n) is 5.65. The van der Waals surface area contributed by atoms with Gasteiger partial charge in [0, 0.05) is 25.8 Å². The van der Waals surface area contributed by atoms with E-state index in [1.807, 2.05) is 32.2 Å². The van der Waals surface area contributed by atoms with E-state index >= 15 is 0 Å². The molecule has 3 heteroatoms. The van der Waals surface area contributed by atoms with Crippen LogP contribution >= 0.6 is 0 Å². The Morgan fingerprint density at radius 3 is 3.00 bits per heavy atom. The fourth-order valence-corrected chi connectivity index (χ4v) is 2.76. The molecule has 3 rings (SSSR count). The van der Waals surface area contributed by atoms with Crippen molar-refractivity contribution < 1.29 is 9.53 Å². The molecule has 0 radical (unpaired) electrons. The molecule has 1 fully saturated rings. The molecule has 0 spiro atoms. The molecule has 1 saturated heterocycles. The molecule has 1 amide bonds. The molecule has 0 N–H and O–H groups in total. The summed E-state index contributed by atoms with van der Waals surface area (Å²) >= 11 is 0. The molecular formula is C13H15NO2. The maximum absolute atomic E-state index is 11.9. The Kier molecular flexibility index (Phi) is 1.82. The number of para-hydroxylation sites is 1. The number of carbonyl (C=O) groups excluding carboxylic acids is 1. The van der Waals surface area contributed by atoms with Crippen molar-refractivity contribution in [2.45, 2.75) is 31.4 Å². The minimum atomic E-state index is -0.464. The summed E-state index contributed by atoms with van der Waals surface area (Å²) in [6.07, 6.45) is 1.50. The molecule has 2 atom stereocenters. The molecule has 1 aromatic carbocycles. The number of nitrogens with zero attached hydrogens (tertiary/aromatic N) is 1. The summed E-state index contributed by atoms with van der Waals surface area (Å²) in [7, 11) is 1.83. The van der Waals surface area contributed by atoms with E-state index in [0.717, 1.165) is 12.2 Å². The van der Waals surface area contributed by atoms with E-state index in [1.165, 1.54) is 5.56 Å². The maximum atomic E-state index is 11.9. The van der Waals surface area contributed by atoms with Crippen molar-refractivity contribution >= 4 is 5.91 Å². The topological polar surface area (TPSA) is 29.5 Å². The van der Waals surface area contributed by atoms with Crippen LogP contribution in [0.4, 0.5) is 0 Å². The summed E-state index contributed by atoms with van der Waals surface area (Å²) in [5, 5.41) is 0. The number of likely N-dealkylation sites (tertiary alicyclic amines) is 1. The van der Waals surface area contributed by atoms with Crippen molar-refractivity contribution in [3.63, 3.8) is 0 Å². The summed E-state index contributed by atoms with van der Waals surface area (Å²) in [6.45, 7) is 1.99. The smallest absolute Gasteiger partial charge is 0.225 e. The van der Waals surface area contributed by atoms with Crippen LogP contribution in [0.15, 0.2) is 24.3 Å². The molecule has 2 bridgehead atoms. The lowest BCUT2D eigenvalue weighted by atomic mass is 9.81. The lowest BCUT2D eigenvalue weighted by molar-refractivity contribution is -0.160. The SMILES string of the molecule is CN1C(=O)C[C@@H]2C[C@@]1(C)Oc1ccccc12. The number of piperidine rings is 1. The zero-order chi connectivity index (χ0) is 11.3. The van der Waals surface area contributed by atoms with Gasteiger partial charge in [-0.2, -0.15) is 0 Å². The fraction of sp³-hybridized carbons (Fsp3) is 0.462. The predicted octanol–water partition coefficient (Wildman–Crippen LogP) is 2.13. The van der Waals surface area contributed by atoms with Crippen LogP contribution in [0.3, 0.4) is 0 Å². The summed E-state index contributed by atoms with van der Waals surface area (Å²) in [5.41, 5.74) is 0.718. The highest BCUT2D eigenvalue weighted by atomic mass is 16.5. The Balaban J connectivity index is 2.11.